The van der Waals surface area contributed by atoms with E-state index in [0.29, 0.717) is 12.6 Å². The third kappa shape index (κ3) is 4.16. The van der Waals surface area contributed by atoms with Gasteiger partial charge in [-0.2, -0.15) is 0 Å². The Kier molecular flexibility index (Phi) is 5.99. The maximum Gasteiger partial charge on any atom is 0.363 e. The van der Waals surface area contributed by atoms with Gasteiger partial charge in [0.05, 0.1) is 5.02 Å². The minimum absolute atomic E-state index is 0.00305. The van der Waals surface area contributed by atoms with Crippen LogP contribution in [0.5, 0.6) is 0 Å². The molecular formula is C14H20BClN2O2S. The van der Waals surface area contributed by atoms with E-state index >= 15 is 0 Å². The lowest BCUT2D eigenvalue weighted by Gasteiger charge is -2.17. The Labute approximate surface area is 136 Å². The average molecular weight is 327 g/mol. The Morgan fingerprint density at radius 3 is 2.76 bits per heavy atom. The first-order chi connectivity index (χ1) is 10.0. The Balaban J connectivity index is 2.26. The number of fused-ring (bicyclic) bond motifs is 1. The van der Waals surface area contributed by atoms with E-state index in [1.807, 2.05) is 6.07 Å². The highest BCUT2D eigenvalue weighted by molar-refractivity contribution is 8.13. The summed E-state index contributed by atoms with van der Waals surface area (Å²) in [5, 5.41) is 0.664. The maximum atomic E-state index is 12.0. The summed E-state index contributed by atoms with van der Waals surface area (Å²) >= 11 is 7.55. The molecule has 0 saturated carbocycles. The van der Waals surface area contributed by atoms with Crippen LogP contribution in [0.3, 0.4) is 0 Å². The summed E-state index contributed by atoms with van der Waals surface area (Å²) in [6.45, 7) is 1.89. The molecule has 1 amide bonds. The van der Waals surface area contributed by atoms with Gasteiger partial charge in [-0.25, -0.2) is 0 Å². The highest BCUT2D eigenvalue weighted by Gasteiger charge is 2.21. The van der Waals surface area contributed by atoms with Crippen LogP contribution in [0.4, 0.5) is 4.79 Å². The molecule has 0 spiro atoms. The molecule has 0 saturated heterocycles. The molecule has 2 rings (SSSR count). The van der Waals surface area contributed by atoms with Crippen molar-refractivity contribution in [1.29, 1.82) is 0 Å². The SMILES string of the molecule is COBN1CCc2ccc(Cl)c(SC(=O)N(C)C)c2CC1. The molecule has 0 aliphatic carbocycles. The number of halogens is 1. The molecule has 1 heterocycles. The van der Waals surface area contributed by atoms with Gasteiger partial charge in [0.15, 0.2) is 0 Å². The van der Waals surface area contributed by atoms with Crippen molar-refractivity contribution >= 4 is 36.2 Å². The summed E-state index contributed by atoms with van der Waals surface area (Å²) in [6, 6.07) is 3.98. The van der Waals surface area contributed by atoms with Crippen LogP contribution in [0.2, 0.25) is 5.02 Å². The zero-order valence-corrected chi connectivity index (χ0v) is 14.3. The lowest BCUT2D eigenvalue weighted by Crippen LogP contribution is -2.31. The zero-order valence-electron chi connectivity index (χ0n) is 12.7. The summed E-state index contributed by atoms with van der Waals surface area (Å²) in [6.07, 6.45) is 1.85. The monoisotopic (exact) mass is 326 g/mol. The lowest BCUT2D eigenvalue weighted by atomic mass is 10.0. The van der Waals surface area contributed by atoms with Gasteiger partial charge in [-0.1, -0.05) is 17.7 Å². The summed E-state index contributed by atoms with van der Waals surface area (Å²) in [5.74, 6) is 0. The van der Waals surface area contributed by atoms with E-state index in [9.17, 15) is 4.79 Å². The molecule has 114 valence electrons. The maximum absolute atomic E-state index is 12.0. The highest BCUT2D eigenvalue weighted by Crippen LogP contribution is 2.35. The molecule has 0 bridgehead atoms. The van der Waals surface area contributed by atoms with Gasteiger partial charge in [-0.3, -0.25) is 4.79 Å². The molecule has 1 aromatic carbocycles. The Bertz CT molecular complexity index is 528. The van der Waals surface area contributed by atoms with E-state index in [4.69, 9.17) is 16.3 Å². The number of carbonyl (C=O) groups excluding carboxylic acids is 1. The molecule has 1 aliphatic rings. The van der Waals surface area contributed by atoms with E-state index in [1.165, 1.54) is 22.9 Å². The van der Waals surface area contributed by atoms with Crippen molar-refractivity contribution in [2.75, 3.05) is 34.3 Å². The molecule has 0 aromatic heterocycles. The van der Waals surface area contributed by atoms with Crippen LogP contribution in [0.25, 0.3) is 0 Å². The summed E-state index contributed by atoms with van der Waals surface area (Å²) in [4.78, 5) is 16.8. The van der Waals surface area contributed by atoms with Gasteiger partial charge in [0, 0.05) is 26.1 Å². The predicted octanol–water partition coefficient (Wildman–Crippen LogP) is 2.43. The number of thioether (sulfide) groups is 1. The van der Waals surface area contributed by atoms with Crippen LogP contribution in [-0.2, 0) is 17.5 Å². The third-order valence-corrected chi connectivity index (χ3v) is 5.19. The van der Waals surface area contributed by atoms with Crippen molar-refractivity contribution < 1.29 is 9.45 Å². The second-order valence-electron chi connectivity index (χ2n) is 5.31. The first kappa shape index (κ1) is 16.7. The quantitative estimate of drug-likeness (QED) is 0.631. The number of nitrogens with zero attached hydrogens (tertiary/aromatic N) is 2. The van der Waals surface area contributed by atoms with Crippen LogP contribution in [0, 0.1) is 0 Å². The molecule has 0 fully saturated rings. The summed E-state index contributed by atoms with van der Waals surface area (Å²) < 4.78 is 5.22. The number of rotatable bonds is 3. The smallest absolute Gasteiger partial charge is 0.363 e. The first-order valence-corrected chi connectivity index (χ1v) is 8.13. The Morgan fingerprint density at radius 2 is 2.10 bits per heavy atom. The number of amides is 1. The molecule has 0 unspecified atom stereocenters. The van der Waals surface area contributed by atoms with E-state index in [0.717, 1.165) is 30.8 Å². The van der Waals surface area contributed by atoms with Gasteiger partial charge in [0.1, 0.15) is 0 Å². The van der Waals surface area contributed by atoms with Gasteiger partial charge in [-0.15, -0.1) is 0 Å². The summed E-state index contributed by atoms with van der Waals surface area (Å²) in [7, 11) is 5.86. The van der Waals surface area contributed by atoms with Crippen molar-refractivity contribution in [3.8, 4) is 0 Å². The Morgan fingerprint density at radius 1 is 1.38 bits per heavy atom. The molecule has 4 nitrogen and oxygen atoms in total. The van der Waals surface area contributed by atoms with Crippen molar-refractivity contribution in [2.45, 2.75) is 17.7 Å². The first-order valence-electron chi connectivity index (χ1n) is 6.93. The number of carbonyl (C=O) groups is 1. The highest BCUT2D eigenvalue weighted by atomic mass is 35.5. The van der Waals surface area contributed by atoms with Crippen LogP contribution in [0.1, 0.15) is 11.1 Å². The predicted molar refractivity (Wildman–Crippen MR) is 89.5 cm³/mol. The largest absolute Gasteiger partial charge is 0.427 e. The van der Waals surface area contributed by atoms with Crippen molar-refractivity contribution in [1.82, 2.24) is 9.71 Å². The van der Waals surface area contributed by atoms with E-state index in [1.54, 1.807) is 26.1 Å². The minimum atomic E-state index is 0.00305. The van der Waals surface area contributed by atoms with Crippen molar-refractivity contribution in [3.63, 3.8) is 0 Å². The zero-order chi connectivity index (χ0) is 15.4. The lowest BCUT2D eigenvalue weighted by molar-refractivity contribution is 0.241. The van der Waals surface area contributed by atoms with Gasteiger partial charge in [-0.05, 0) is 54.9 Å². The van der Waals surface area contributed by atoms with Gasteiger partial charge in [0.25, 0.3) is 5.24 Å². The fraction of sp³-hybridized carbons (Fsp3) is 0.500. The molecule has 0 atom stereocenters. The van der Waals surface area contributed by atoms with Gasteiger partial charge < -0.3 is 14.4 Å². The number of hydrogen-bond acceptors (Lipinski definition) is 4. The minimum Gasteiger partial charge on any atom is -0.427 e. The average Bonchev–Trinajstić information content (AvgIpc) is 2.65. The molecule has 0 N–H and O–H groups in total. The van der Waals surface area contributed by atoms with Crippen LogP contribution < -0.4 is 0 Å². The molecular weight excluding hydrogens is 306 g/mol. The second kappa shape index (κ2) is 7.54. The molecule has 1 aromatic rings. The Hall–Kier alpha value is -0.685. The molecule has 1 aliphatic heterocycles. The molecule has 21 heavy (non-hydrogen) atoms. The molecule has 7 heteroatoms. The van der Waals surface area contributed by atoms with E-state index in [-0.39, 0.29) is 5.24 Å². The van der Waals surface area contributed by atoms with Crippen molar-refractivity contribution in [3.05, 3.63) is 28.3 Å². The van der Waals surface area contributed by atoms with Crippen LogP contribution in [0.15, 0.2) is 17.0 Å². The van der Waals surface area contributed by atoms with E-state index in [2.05, 4.69) is 10.9 Å². The van der Waals surface area contributed by atoms with Gasteiger partial charge >= 0.3 is 7.62 Å². The number of benzene rings is 1. The van der Waals surface area contributed by atoms with Crippen LogP contribution >= 0.6 is 23.4 Å². The van der Waals surface area contributed by atoms with E-state index < -0.39 is 0 Å². The second-order valence-corrected chi connectivity index (χ2v) is 6.68. The fourth-order valence-electron chi connectivity index (χ4n) is 2.41. The van der Waals surface area contributed by atoms with Crippen LogP contribution in [-0.4, -0.2) is 56.9 Å². The number of hydrogen-bond donors (Lipinski definition) is 0. The summed E-state index contributed by atoms with van der Waals surface area (Å²) in [5.41, 5.74) is 2.49. The van der Waals surface area contributed by atoms with Crippen molar-refractivity contribution in [2.24, 2.45) is 0 Å². The standard InChI is InChI=1S/C14H20BClN2O2S/c1-17(2)14(19)21-13-11-7-9-18(15-20-3)8-6-10(11)4-5-12(13)16/h4-5,15H,6-9H2,1-3H3. The fourth-order valence-corrected chi connectivity index (χ4v) is 3.58. The topological polar surface area (TPSA) is 32.8 Å². The molecule has 0 radical (unpaired) electrons. The van der Waals surface area contributed by atoms with Gasteiger partial charge in [0.2, 0.25) is 0 Å². The normalized spacial score (nSPS) is 15.2. The third-order valence-electron chi connectivity index (χ3n) is 3.55.